The molecule has 3 N–H and O–H groups in total. The molecule has 0 fully saturated rings. The van der Waals surface area contributed by atoms with Gasteiger partial charge in [-0.25, -0.2) is 0 Å². The highest BCUT2D eigenvalue weighted by Crippen LogP contribution is 2.33. The fraction of sp³-hybridized carbons (Fsp3) is 0.522. The van der Waals surface area contributed by atoms with Gasteiger partial charge in [0.05, 0.1) is 5.56 Å². The maximum Gasteiger partial charge on any atom is 0.416 e. The van der Waals surface area contributed by atoms with Gasteiger partial charge in [-0.15, -0.1) is 0 Å². The quantitative estimate of drug-likeness (QED) is 0.236. The van der Waals surface area contributed by atoms with Gasteiger partial charge in [-0.1, -0.05) is 51.3 Å². The lowest BCUT2D eigenvalue weighted by Crippen LogP contribution is -2.09. The van der Waals surface area contributed by atoms with E-state index in [-0.39, 0.29) is 5.92 Å². The zero-order valence-electron chi connectivity index (χ0n) is 17.3. The number of alkyl halides is 3. The number of carbonyl (C=O) groups is 1. The molecular formula is C23H32F3NO2. The molecule has 0 aliphatic rings. The molecule has 0 aromatic heterocycles. The predicted molar refractivity (Wildman–Crippen MR) is 111 cm³/mol. The number of hydrogen-bond acceptors (Lipinski definition) is 3. The molecule has 0 amide bonds. The van der Waals surface area contributed by atoms with Gasteiger partial charge in [0, 0.05) is 5.57 Å². The number of halogens is 3. The van der Waals surface area contributed by atoms with E-state index in [2.05, 4.69) is 0 Å². The lowest BCUT2D eigenvalue weighted by Gasteiger charge is -2.17. The van der Waals surface area contributed by atoms with Crippen molar-refractivity contribution in [2.45, 2.75) is 65.0 Å². The molecule has 1 aromatic carbocycles. The summed E-state index contributed by atoms with van der Waals surface area (Å²) in [6.45, 7) is 4.44. The van der Waals surface area contributed by atoms with Crippen molar-refractivity contribution in [3.05, 3.63) is 53.3 Å². The van der Waals surface area contributed by atoms with Crippen molar-refractivity contribution in [1.29, 1.82) is 0 Å². The van der Waals surface area contributed by atoms with Crippen LogP contribution in [0.5, 0.6) is 0 Å². The molecule has 3 nitrogen and oxygen atoms in total. The van der Waals surface area contributed by atoms with Crippen LogP contribution in [-0.4, -0.2) is 17.4 Å². The van der Waals surface area contributed by atoms with Crippen LogP contribution < -0.4 is 5.73 Å². The zero-order chi connectivity index (χ0) is 21.9. The number of aliphatic hydroxyl groups excluding tert-OH is 1. The minimum atomic E-state index is -4.43. The average molecular weight is 412 g/mol. The number of benzene rings is 1. The minimum Gasteiger partial charge on any atom is -0.504 e. The Morgan fingerprint density at radius 1 is 1.10 bits per heavy atom. The molecule has 0 saturated carbocycles. The maximum atomic E-state index is 12.8. The lowest BCUT2D eigenvalue weighted by molar-refractivity contribution is -0.137. The zero-order valence-corrected chi connectivity index (χ0v) is 17.3. The molecule has 162 valence electrons. The van der Waals surface area contributed by atoms with Crippen molar-refractivity contribution >= 4 is 11.4 Å². The second-order valence-electron chi connectivity index (χ2n) is 7.26. The molecule has 1 aromatic rings. The van der Waals surface area contributed by atoms with E-state index >= 15 is 0 Å². The van der Waals surface area contributed by atoms with Crippen LogP contribution in [0.2, 0.25) is 0 Å². The van der Waals surface area contributed by atoms with E-state index in [4.69, 9.17) is 5.73 Å². The number of ketones is 1. The van der Waals surface area contributed by atoms with E-state index in [9.17, 15) is 23.1 Å². The third-order valence-corrected chi connectivity index (χ3v) is 4.96. The van der Waals surface area contributed by atoms with Crippen LogP contribution >= 0.6 is 0 Å². The Morgan fingerprint density at radius 2 is 1.69 bits per heavy atom. The van der Waals surface area contributed by atoms with Crippen LogP contribution in [0.15, 0.2) is 42.2 Å². The van der Waals surface area contributed by atoms with Gasteiger partial charge in [0.2, 0.25) is 5.78 Å². The van der Waals surface area contributed by atoms with Crippen molar-refractivity contribution in [3.8, 4) is 0 Å². The van der Waals surface area contributed by atoms with E-state index in [1.807, 2.05) is 13.8 Å². The molecule has 0 saturated heterocycles. The Kier molecular flexibility index (Phi) is 10.7. The van der Waals surface area contributed by atoms with Crippen LogP contribution in [0.25, 0.3) is 5.57 Å². The first-order chi connectivity index (χ1) is 13.7. The van der Waals surface area contributed by atoms with E-state index in [1.54, 1.807) is 6.08 Å². The Bertz CT molecular complexity index is 691. The second-order valence-corrected chi connectivity index (χ2v) is 7.26. The van der Waals surface area contributed by atoms with Crippen LogP contribution in [0.1, 0.15) is 69.9 Å². The van der Waals surface area contributed by atoms with Gasteiger partial charge in [0.25, 0.3) is 0 Å². The summed E-state index contributed by atoms with van der Waals surface area (Å²) in [5.41, 5.74) is 5.48. The van der Waals surface area contributed by atoms with Gasteiger partial charge in [0.15, 0.2) is 5.76 Å². The number of nitrogens with two attached hydrogens (primary N) is 1. The highest BCUT2D eigenvalue weighted by Gasteiger charge is 2.30. The molecule has 1 unspecified atom stereocenters. The fourth-order valence-electron chi connectivity index (χ4n) is 3.04. The standard InChI is InChI=1S/C23H32F3NO2/c1-3-17(2)21(18-12-14-19(15-13-18)23(24,25)26)22(29)20(28)11-9-7-5-4-6-8-10-16-27/h9,11-15,17,29H,3-8,10,16,27H2,1-2H3/b11-9+,22-21-. The fourth-order valence-corrected chi connectivity index (χ4v) is 3.04. The van der Waals surface area contributed by atoms with Crippen LogP contribution in [0.3, 0.4) is 0 Å². The van der Waals surface area contributed by atoms with E-state index in [0.717, 1.165) is 50.7 Å². The summed E-state index contributed by atoms with van der Waals surface area (Å²) >= 11 is 0. The van der Waals surface area contributed by atoms with E-state index < -0.39 is 23.3 Å². The van der Waals surface area contributed by atoms with Gasteiger partial charge in [-0.2, -0.15) is 13.2 Å². The summed E-state index contributed by atoms with van der Waals surface area (Å²) in [6, 6.07) is 4.55. The molecule has 1 rings (SSSR count). The number of rotatable bonds is 12. The average Bonchev–Trinajstić information content (AvgIpc) is 2.69. The smallest absolute Gasteiger partial charge is 0.416 e. The SMILES string of the molecule is CCC(C)/C(=C(/O)C(=O)/C=C/CCCCCCCN)c1ccc(C(F)(F)F)cc1. The van der Waals surface area contributed by atoms with Gasteiger partial charge < -0.3 is 10.8 Å². The summed E-state index contributed by atoms with van der Waals surface area (Å²) < 4.78 is 38.4. The monoisotopic (exact) mass is 411 g/mol. The largest absolute Gasteiger partial charge is 0.504 e. The lowest BCUT2D eigenvalue weighted by atomic mass is 9.89. The van der Waals surface area contributed by atoms with Crippen molar-refractivity contribution in [2.24, 2.45) is 11.7 Å². The highest BCUT2D eigenvalue weighted by molar-refractivity contribution is 6.07. The van der Waals surface area contributed by atoms with Crippen molar-refractivity contribution < 1.29 is 23.1 Å². The number of hydrogen-bond donors (Lipinski definition) is 2. The molecule has 0 bridgehead atoms. The molecule has 0 spiro atoms. The Balaban J connectivity index is 2.86. The number of carbonyl (C=O) groups excluding carboxylic acids is 1. The normalized spacial score (nSPS) is 14.1. The summed E-state index contributed by atoms with van der Waals surface area (Å²) in [6.07, 6.45) is 5.29. The number of allylic oxidation sites excluding steroid dienone is 3. The maximum absolute atomic E-state index is 12.8. The highest BCUT2D eigenvalue weighted by atomic mass is 19.4. The number of aliphatic hydroxyl groups is 1. The van der Waals surface area contributed by atoms with Crippen LogP contribution in [-0.2, 0) is 11.0 Å². The van der Waals surface area contributed by atoms with E-state index in [0.29, 0.717) is 24.1 Å². The molecule has 29 heavy (non-hydrogen) atoms. The topological polar surface area (TPSA) is 63.3 Å². The van der Waals surface area contributed by atoms with Crippen molar-refractivity contribution in [1.82, 2.24) is 0 Å². The number of unbranched alkanes of at least 4 members (excludes halogenated alkanes) is 5. The first kappa shape index (κ1) is 25.0. The predicted octanol–water partition coefficient (Wildman–Crippen LogP) is 6.45. The Morgan fingerprint density at radius 3 is 2.24 bits per heavy atom. The summed E-state index contributed by atoms with van der Waals surface area (Å²) in [4.78, 5) is 12.4. The third kappa shape index (κ3) is 8.44. The molecule has 0 aliphatic heterocycles. The van der Waals surface area contributed by atoms with Gasteiger partial charge in [-0.05, 0) is 61.9 Å². The summed E-state index contributed by atoms with van der Waals surface area (Å²) in [5.74, 6) is -1.10. The van der Waals surface area contributed by atoms with Crippen molar-refractivity contribution in [3.63, 3.8) is 0 Å². The van der Waals surface area contributed by atoms with E-state index in [1.165, 1.54) is 18.2 Å². The minimum absolute atomic E-state index is 0.174. The first-order valence-corrected chi connectivity index (χ1v) is 10.2. The van der Waals surface area contributed by atoms with Crippen molar-refractivity contribution in [2.75, 3.05) is 6.54 Å². The first-order valence-electron chi connectivity index (χ1n) is 10.2. The summed E-state index contributed by atoms with van der Waals surface area (Å²) in [5, 5.41) is 10.5. The molecule has 0 heterocycles. The van der Waals surface area contributed by atoms with Crippen LogP contribution in [0, 0.1) is 5.92 Å². The molecule has 0 radical (unpaired) electrons. The van der Waals surface area contributed by atoms with Crippen LogP contribution in [0.4, 0.5) is 13.2 Å². The van der Waals surface area contributed by atoms with Gasteiger partial charge in [-0.3, -0.25) is 4.79 Å². The van der Waals surface area contributed by atoms with Gasteiger partial charge >= 0.3 is 6.18 Å². The molecular weight excluding hydrogens is 379 g/mol. The Labute approximate surface area is 171 Å². The third-order valence-electron chi connectivity index (χ3n) is 4.96. The summed E-state index contributed by atoms with van der Waals surface area (Å²) in [7, 11) is 0. The molecule has 6 heteroatoms. The Hall–Kier alpha value is -2.08. The molecule has 1 atom stereocenters. The van der Waals surface area contributed by atoms with Gasteiger partial charge in [0.1, 0.15) is 0 Å². The second kappa shape index (κ2) is 12.5. The molecule has 0 aliphatic carbocycles.